The molecule has 30 heavy (non-hydrogen) atoms. The molecule has 2 rings (SSSR count). The molecule has 0 unspecified atom stereocenters. The topological polar surface area (TPSA) is 59.4 Å². The number of benzene rings is 1. The number of hydrogen-bond donors (Lipinski definition) is 1. The minimum Gasteiger partial charge on any atom is -0.465 e. The number of unbranched alkanes of at least 4 members (excludes halogenated alkanes) is 2. The molecule has 0 bridgehead atoms. The van der Waals surface area contributed by atoms with E-state index < -0.39 is 11.8 Å². The van der Waals surface area contributed by atoms with Crippen LogP contribution < -0.4 is 0 Å². The first kappa shape index (κ1) is 24.0. The molecule has 0 aliphatic carbocycles. The number of nitrogens with zero attached hydrogens (tertiary/aromatic N) is 1. The van der Waals surface area contributed by atoms with E-state index in [4.69, 9.17) is 9.72 Å². The number of carbonyl (C=O) groups excluding carboxylic acids is 1. The first-order valence-corrected chi connectivity index (χ1v) is 10.8. The molecule has 0 atom stereocenters. The van der Waals surface area contributed by atoms with E-state index in [2.05, 4.69) is 34.6 Å². The van der Waals surface area contributed by atoms with Gasteiger partial charge in [0.25, 0.3) is 0 Å². The van der Waals surface area contributed by atoms with Gasteiger partial charge in [-0.1, -0.05) is 53.5 Å². The third-order valence-corrected chi connectivity index (χ3v) is 5.41. The van der Waals surface area contributed by atoms with Gasteiger partial charge < -0.3 is 9.84 Å². The molecule has 5 heteroatoms. The molecule has 0 radical (unpaired) electrons. The number of hydrogen-bond acceptors (Lipinski definition) is 4. The second kappa shape index (κ2) is 10.7. The Morgan fingerprint density at radius 3 is 2.27 bits per heavy atom. The number of rotatable bonds is 9. The highest BCUT2D eigenvalue weighted by atomic mass is 19.1. The van der Waals surface area contributed by atoms with Gasteiger partial charge in [0, 0.05) is 17.0 Å². The molecular formula is C25H34FNO3. The molecule has 0 aliphatic rings. The van der Waals surface area contributed by atoms with Crippen molar-refractivity contribution in [3.63, 3.8) is 0 Å². The Morgan fingerprint density at radius 1 is 1.10 bits per heavy atom. The van der Waals surface area contributed by atoms with E-state index in [9.17, 15) is 14.3 Å². The lowest BCUT2D eigenvalue weighted by Crippen LogP contribution is -2.13. The van der Waals surface area contributed by atoms with Crippen molar-refractivity contribution in [1.29, 1.82) is 0 Å². The van der Waals surface area contributed by atoms with Crippen molar-refractivity contribution >= 4 is 5.97 Å². The minimum absolute atomic E-state index is 0.104. The molecule has 2 aromatic rings. The largest absolute Gasteiger partial charge is 0.465 e. The predicted molar refractivity (Wildman–Crippen MR) is 118 cm³/mol. The van der Waals surface area contributed by atoms with Gasteiger partial charge >= 0.3 is 5.97 Å². The second-order valence-electron chi connectivity index (χ2n) is 8.33. The normalized spacial score (nSPS) is 11.4. The van der Waals surface area contributed by atoms with Crippen LogP contribution in [-0.2, 0) is 17.8 Å². The smallest absolute Gasteiger partial charge is 0.340 e. The van der Waals surface area contributed by atoms with Crippen LogP contribution in [0.2, 0.25) is 0 Å². The molecule has 164 valence electrons. The van der Waals surface area contributed by atoms with E-state index in [1.54, 1.807) is 6.07 Å². The highest BCUT2D eigenvalue weighted by Crippen LogP contribution is 2.38. The zero-order valence-corrected chi connectivity index (χ0v) is 19.0. The molecule has 0 saturated heterocycles. The Kier molecular flexibility index (Phi) is 8.54. The first-order chi connectivity index (χ1) is 14.3. The van der Waals surface area contributed by atoms with Crippen LogP contribution in [0, 0.1) is 5.82 Å². The standard InChI is InChI=1S/C25H34FNO3/c1-7-8-9-10-18-22(17-11-12-21(26)19(13-17)25(29)30-6)20(14-28)24(16(4)5)27-23(18)15(2)3/h11-13,15-16,28H,7-10,14H2,1-6H3. The molecule has 1 heterocycles. The first-order valence-electron chi connectivity index (χ1n) is 10.8. The molecule has 0 aliphatic heterocycles. The van der Waals surface area contributed by atoms with Crippen molar-refractivity contribution in [2.75, 3.05) is 7.11 Å². The summed E-state index contributed by atoms with van der Waals surface area (Å²) in [5, 5.41) is 10.3. The lowest BCUT2D eigenvalue weighted by Gasteiger charge is -2.24. The van der Waals surface area contributed by atoms with E-state index in [-0.39, 0.29) is 24.0 Å². The number of ether oxygens (including phenoxy) is 1. The zero-order chi connectivity index (χ0) is 22.4. The third kappa shape index (κ3) is 5.07. The summed E-state index contributed by atoms with van der Waals surface area (Å²) >= 11 is 0. The van der Waals surface area contributed by atoms with Crippen molar-refractivity contribution in [3.8, 4) is 11.1 Å². The fraction of sp³-hybridized carbons (Fsp3) is 0.520. The minimum atomic E-state index is -0.713. The maximum Gasteiger partial charge on any atom is 0.340 e. The van der Waals surface area contributed by atoms with Crippen LogP contribution in [-0.4, -0.2) is 23.2 Å². The molecule has 1 N–H and O–H groups in total. The quantitative estimate of drug-likeness (QED) is 0.394. The second-order valence-corrected chi connectivity index (χ2v) is 8.33. The molecule has 1 aromatic carbocycles. The summed E-state index contributed by atoms with van der Waals surface area (Å²) in [5.41, 5.74) is 5.16. The number of aliphatic hydroxyl groups excluding tert-OH is 1. The van der Waals surface area contributed by atoms with Crippen molar-refractivity contribution in [1.82, 2.24) is 4.98 Å². The maximum absolute atomic E-state index is 14.3. The Bertz CT molecular complexity index is 890. The fourth-order valence-corrected chi connectivity index (χ4v) is 3.92. The lowest BCUT2D eigenvalue weighted by atomic mass is 9.85. The molecule has 0 amide bonds. The van der Waals surface area contributed by atoms with Crippen LogP contribution in [0.5, 0.6) is 0 Å². The van der Waals surface area contributed by atoms with Gasteiger partial charge in [-0.25, -0.2) is 9.18 Å². The molecule has 4 nitrogen and oxygen atoms in total. The number of pyridine rings is 1. The van der Waals surface area contributed by atoms with Crippen molar-refractivity contribution < 1.29 is 19.0 Å². The van der Waals surface area contributed by atoms with Gasteiger partial charge in [-0.15, -0.1) is 0 Å². The Balaban J connectivity index is 2.87. The lowest BCUT2D eigenvalue weighted by molar-refractivity contribution is 0.0595. The SMILES string of the molecule is CCCCCc1c(C(C)C)nc(C(C)C)c(CO)c1-c1ccc(F)c(C(=O)OC)c1. The van der Waals surface area contributed by atoms with Crippen molar-refractivity contribution in [2.45, 2.75) is 78.7 Å². The average molecular weight is 416 g/mol. The Morgan fingerprint density at radius 2 is 1.73 bits per heavy atom. The van der Waals surface area contributed by atoms with E-state index in [0.29, 0.717) is 5.56 Å². The summed E-state index contributed by atoms with van der Waals surface area (Å²) in [4.78, 5) is 17.1. The van der Waals surface area contributed by atoms with Gasteiger partial charge in [-0.2, -0.15) is 0 Å². The van der Waals surface area contributed by atoms with Gasteiger partial charge in [0.2, 0.25) is 0 Å². The fourth-order valence-electron chi connectivity index (χ4n) is 3.92. The molecule has 0 fully saturated rings. The number of aromatic nitrogens is 1. The number of methoxy groups -OCH3 is 1. The summed E-state index contributed by atoms with van der Waals surface area (Å²) in [6, 6.07) is 4.50. The third-order valence-electron chi connectivity index (χ3n) is 5.41. The Hall–Kier alpha value is -2.27. The van der Waals surface area contributed by atoms with Gasteiger partial charge in [0.05, 0.1) is 19.3 Å². The number of carbonyl (C=O) groups is 1. The maximum atomic E-state index is 14.3. The van der Waals surface area contributed by atoms with Crippen molar-refractivity contribution in [2.24, 2.45) is 0 Å². The van der Waals surface area contributed by atoms with Gasteiger partial charge in [0.15, 0.2) is 0 Å². The Labute approximate surface area is 179 Å². The van der Waals surface area contributed by atoms with E-state index in [1.165, 1.54) is 19.2 Å². The summed E-state index contributed by atoms with van der Waals surface area (Å²) < 4.78 is 19.1. The van der Waals surface area contributed by atoms with Gasteiger partial charge in [-0.05, 0) is 53.5 Å². The average Bonchev–Trinajstić information content (AvgIpc) is 2.72. The summed E-state index contributed by atoms with van der Waals surface area (Å²) in [6.45, 7) is 10.3. The van der Waals surface area contributed by atoms with Crippen LogP contribution in [0.1, 0.15) is 98.6 Å². The van der Waals surface area contributed by atoms with Crippen LogP contribution in [0.15, 0.2) is 18.2 Å². The summed E-state index contributed by atoms with van der Waals surface area (Å²) in [6.07, 6.45) is 4.01. The van der Waals surface area contributed by atoms with Crippen LogP contribution >= 0.6 is 0 Å². The van der Waals surface area contributed by atoms with E-state index in [1.807, 2.05) is 0 Å². The van der Waals surface area contributed by atoms with Crippen LogP contribution in [0.4, 0.5) is 4.39 Å². The van der Waals surface area contributed by atoms with Crippen LogP contribution in [0.3, 0.4) is 0 Å². The molecule has 0 saturated carbocycles. The molecule has 0 spiro atoms. The highest BCUT2D eigenvalue weighted by molar-refractivity contribution is 5.91. The van der Waals surface area contributed by atoms with Crippen molar-refractivity contribution in [3.05, 3.63) is 52.1 Å². The van der Waals surface area contributed by atoms with Gasteiger partial charge in [0.1, 0.15) is 5.82 Å². The summed E-state index contributed by atoms with van der Waals surface area (Å²) in [7, 11) is 1.24. The van der Waals surface area contributed by atoms with E-state index >= 15 is 0 Å². The monoisotopic (exact) mass is 415 g/mol. The number of aliphatic hydroxyl groups is 1. The molecule has 1 aromatic heterocycles. The predicted octanol–water partition coefficient (Wildman–Crippen LogP) is 6.15. The highest BCUT2D eigenvalue weighted by Gasteiger charge is 2.24. The summed E-state index contributed by atoms with van der Waals surface area (Å²) in [5.74, 6) is -1.01. The number of esters is 1. The van der Waals surface area contributed by atoms with Gasteiger partial charge in [-0.3, -0.25) is 4.98 Å². The van der Waals surface area contributed by atoms with Crippen LogP contribution in [0.25, 0.3) is 11.1 Å². The molecular weight excluding hydrogens is 381 g/mol. The number of halogens is 1. The zero-order valence-electron chi connectivity index (χ0n) is 19.0. The van der Waals surface area contributed by atoms with E-state index in [0.717, 1.165) is 53.8 Å².